The molecule has 15 heavy (non-hydrogen) atoms. The Balaban J connectivity index is 2.38. The Hall–Kier alpha value is -1.37. The molecule has 0 fully saturated rings. The van der Waals surface area contributed by atoms with Gasteiger partial charge in [0, 0.05) is 16.0 Å². The highest BCUT2D eigenvalue weighted by atomic mass is 35.5. The zero-order valence-electron chi connectivity index (χ0n) is 7.77. The molecule has 1 aromatic heterocycles. The van der Waals surface area contributed by atoms with Crippen LogP contribution in [-0.4, -0.2) is 4.98 Å². The van der Waals surface area contributed by atoms with Gasteiger partial charge in [-0.2, -0.15) is 5.26 Å². The van der Waals surface area contributed by atoms with E-state index in [-0.39, 0.29) is 0 Å². The topological polar surface area (TPSA) is 36.7 Å². The first-order chi connectivity index (χ1) is 7.31. The summed E-state index contributed by atoms with van der Waals surface area (Å²) in [6.45, 7) is 0. The first kappa shape index (κ1) is 10.2. The molecule has 0 amide bonds. The van der Waals surface area contributed by atoms with Crippen LogP contribution in [0.2, 0.25) is 5.02 Å². The molecule has 0 radical (unpaired) electrons. The quantitative estimate of drug-likeness (QED) is 0.797. The van der Waals surface area contributed by atoms with Gasteiger partial charge in [0.25, 0.3) is 0 Å². The second-order valence-corrected chi connectivity index (χ2v) is 4.29. The van der Waals surface area contributed by atoms with Gasteiger partial charge in [0.1, 0.15) is 5.01 Å². The number of hydrogen-bond donors (Lipinski definition) is 0. The van der Waals surface area contributed by atoms with E-state index in [0.29, 0.717) is 11.4 Å². The van der Waals surface area contributed by atoms with E-state index in [1.807, 2.05) is 29.6 Å². The highest BCUT2D eigenvalue weighted by Gasteiger charge is 2.06. The van der Waals surface area contributed by atoms with Crippen molar-refractivity contribution in [3.63, 3.8) is 0 Å². The SMILES string of the molecule is N#CCc1nc(-c2ccccc2Cl)cs1. The summed E-state index contributed by atoms with van der Waals surface area (Å²) in [6, 6.07) is 9.64. The van der Waals surface area contributed by atoms with Crippen molar-refractivity contribution in [2.45, 2.75) is 6.42 Å². The summed E-state index contributed by atoms with van der Waals surface area (Å²) in [6.07, 6.45) is 0.356. The zero-order valence-corrected chi connectivity index (χ0v) is 9.35. The molecule has 0 saturated carbocycles. The van der Waals surface area contributed by atoms with E-state index in [4.69, 9.17) is 16.9 Å². The van der Waals surface area contributed by atoms with E-state index in [0.717, 1.165) is 16.3 Å². The molecule has 0 aliphatic carbocycles. The van der Waals surface area contributed by atoms with Crippen LogP contribution in [0.25, 0.3) is 11.3 Å². The van der Waals surface area contributed by atoms with Crippen LogP contribution in [0.3, 0.4) is 0 Å². The van der Waals surface area contributed by atoms with Gasteiger partial charge in [0.05, 0.1) is 18.2 Å². The van der Waals surface area contributed by atoms with Crippen molar-refractivity contribution in [3.8, 4) is 17.3 Å². The van der Waals surface area contributed by atoms with Crippen LogP contribution in [0.4, 0.5) is 0 Å². The lowest BCUT2D eigenvalue weighted by molar-refractivity contribution is 1.19. The van der Waals surface area contributed by atoms with Crippen molar-refractivity contribution < 1.29 is 0 Å². The molecule has 0 N–H and O–H groups in total. The van der Waals surface area contributed by atoms with Gasteiger partial charge < -0.3 is 0 Å². The monoisotopic (exact) mass is 234 g/mol. The standard InChI is InChI=1S/C11H7ClN2S/c12-9-4-2-1-3-8(9)10-7-15-11(14-10)5-6-13/h1-4,7H,5H2. The molecule has 1 heterocycles. The highest BCUT2D eigenvalue weighted by molar-refractivity contribution is 7.10. The molecule has 74 valence electrons. The summed E-state index contributed by atoms with van der Waals surface area (Å²) < 4.78 is 0. The lowest BCUT2D eigenvalue weighted by Crippen LogP contribution is -1.82. The summed E-state index contributed by atoms with van der Waals surface area (Å²) in [4.78, 5) is 4.34. The van der Waals surface area contributed by atoms with Crippen molar-refractivity contribution >= 4 is 22.9 Å². The summed E-state index contributed by atoms with van der Waals surface area (Å²) in [5.74, 6) is 0. The Bertz CT molecular complexity index is 513. The van der Waals surface area contributed by atoms with E-state index in [1.54, 1.807) is 0 Å². The molecule has 0 spiro atoms. The van der Waals surface area contributed by atoms with Crippen molar-refractivity contribution in [2.24, 2.45) is 0 Å². The minimum Gasteiger partial charge on any atom is -0.240 e. The Morgan fingerprint density at radius 2 is 2.20 bits per heavy atom. The van der Waals surface area contributed by atoms with Crippen LogP contribution >= 0.6 is 22.9 Å². The van der Waals surface area contributed by atoms with Crippen LogP contribution in [0, 0.1) is 11.3 Å². The zero-order chi connectivity index (χ0) is 10.7. The minimum atomic E-state index is 0.356. The van der Waals surface area contributed by atoms with Crippen molar-refractivity contribution in [1.82, 2.24) is 4.98 Å². The third-order valence-corrected chi connectivity index (χ3v) is 3.11. The van der Waals surface area contributed by atoms with Gasteiger partial charge >= 0.3 is 0 Å². The number of thiazole rings is 1. The third-order valence-electron chi connectivity index (χ3n) is 1.93. The molecule has 2 nitrogen and oxygen atoms in total. The Labute approximate surface area is 96.8 Å². The van der Waals surface area contributed by atoms with E-state index in [2.05, 4.69) is 11.1 Å². The Morgan fingerprint density at radius 3 is 2.93 bits per heavy atom. The van der Waals surface area contributed by atoms with Gasteiger partial charge in [-0.05, 0) is 6.07 Å². The molecule has 4 heteroatoms. The number of nitriles is 1. The van der Waals surface area contributed by atoms with Crippen LogP contribution in [0.1, 0.15) is 5.01 Å². The number of halogens is 1. The number of rotatable bonds is 2. The lowest BCUT2D eigenvalue weighted by Gasteiger charge is -1.98. The molecule has 0 unspecified atom stereocenters. The molecule has 1 aromatic carbocycles. The largest absolute Gasteiger partial charge is 0.240 e. The van der Waals surface area contributed by atoms with E-state index in [9.17, 15) is 0 Å². The smallest absolute Gasteiger partial charge is 0.107 e. The van der Waals surface area contributed by atoms with Crippen LogP contribution in [-0.2, 0) is 6.42 Å². The highest BCUT2D eigenvalue weighted by Crippen LogP contribution is 2.28. The number of hydrogen-bond acceptors (Lipinski definition) is 3. The van der Waals surface area contributed by atoms with E-state index < -0.39 is 0 Å². The van der Waals surface area contributed by atoms with Crippen LogP contribution in [0.5, 0.6) is 0 Å². The molecule has 0 aliphatic heterocycles. The molecule has 2 rings (SSSR count). The molecule has 2 aromatic rings. The van der Waals surface area contributed by atoms with Crippen molar-refractivity contribution in [2.75, 3.05) is 0 Å². The van der Waals surface area contributed by atoms with E-state index in [1.165, 1.54) is 11.3 Å². The first-order valence-electron chi connectivity index (χ1n) is 4.37. The predicted octanol–water partition coefficient (Wildman–Crippen LogP) is 3.53. The maximum atomic E-state index is 8.54. The Morgan fingerprint density at radius 1 is 1.40 bits per heavy atom. The van der Waals surface area contributed by atoms with Crippen LogP contribution < -0.4 is 0 Å². The minimum absolute atomic E-state index is 0.356. The van der Waals surface area contributed by atoms with Gasteiger partial charge in [-0.3, -0.25) is 0 Å². The van der Waals surface area contributed by atoms with Crippen LogP contribution in [0.15, 0.2) is 29.6 Å². The summed E-state index contributed by atoms with van der Waals surface area (Å²) >= 11 is 7.53. The maximum Gasteiger partial charge on any atom is 0.107 e. The lowest BCUT2D eigenvalue weighted by atomic mass is 10.2. The van der Waals surface area contributed by atoms with Crippen molar-refractivity contribution in [3.05, 3.63) is 39.7 Å². The molecule has 0 atom stereocenters. The number of nitrogens with zero attached hydrogens (tertiary/aromatic N) is 2. The first-order valence-corrected chi connectivity index (χ1v) is 5.63. The van der Waals surface area contributed by atoms with Gasteiger partial charge in [0.15, 0.2) is 0 Å². The molecule has 0 saturated heterocycles. The van der Waals surface area contributed by atoms with Gasteiger partial charge in [-0.1, -0.05) is 29.8 Å². The molecule has 0 bridgehead atoms. The maximum absolute atomic E-state index is 8.54. The summed E-state index contributed by atoms with van der Waals surface area (Å²) in [5.41, 5.74) is 1.76. The van der Waals surface area contributed by atoms with Crippen molar-refractivity contribution in [1.29, 1.82) is 5.26 Å². The van der Waals surface area contributed by atoms with E-state index >= 15 is 0 Å². The molecular weight excluding hydrogens is 228 g/mol. The molecule has 0 aliphatic rings. The number of aromatic nitrogens is 1. The third kappa shape index (κ3) is 2.17. The summed E-state index contributed by atoms with van der Waals surface area (Å²) in [7, 11) is 0. The fourth-order valence-electron chi connectivity index (χ4n) is 1.25. The second kappa shape index (κ2) is 4.43. The van der Waals surface area contributed by atoms with Gasteiger partial charge in [0.2, 0.25) is 0 Å². The molecular formula is C11H7ClN2S. The fourth-order valence-corrected chi connectivity index (χ4v) is 2.21. The second-order valence-electron chi connectivity index (χ2n) is 2.94. The number of benzene rings is 1. The summed E-state index contributed by atoms with van der Waals surface area (Å²) in [5, 5.41) is 12.0. The average molecular weight is 235 g/mol. The Kier molecular flexibility index (Phi) is 3.00. The predicted molar refractivity (Wildman–Crippen MR) is 61.9 cm³/mol. The van der Waals surface area contributed by atoms with Gasteiger partial charge in [-0.15, -0.1) is 11.3 Å². The van der Waals surface area contributed by atoms with Gasteiger partial charge in [-0.25, -0.2) is 4.98 Å². The fraction of sp³-hybridized carbons (Fsp3) is 0.0909. The normalized spacial score (nSPS) is 9.87. The average Bonchev–Trinajstić information content (AvgIpc) is 2.68.